The van der Waals surface area contributed by atoms with Gasteiger partial charge in [0, 0.05) is 18.1 Å². The molecule has 8 heteroatoms. The van der Waals surface area contributed by atoms with Gasteiger partial charge in [0.25, 0.3) is 0 Å². The zero-order valence-electron chi connectivity index (χ0n) is 12.1. The molecule has 2 rings (SSSR count). The molecule has 0 spiro atoms. The Morgan fingerprint density at radius 3 is 2.82 bits per heavy atom. The van der Waals surface area contributed by atoms with Crippen molar-refractivity contribution in [3.63, 3.8) is 0 Å². The smallest absolute Gasteiger partial charge is 0.313 e. The summed E-state index contributed by atoms with van der Waals surface area (Å²) < 4.78 is 0. The van der Waals surface area contributed by atoms with Gasteiger partial charge in [-0.25, -0.2) is 5.06 Å². The number of hydrogen-bond donors (Lipinski definition) is 3. The second kappa shape index (κ2) is 6.92. The van der Waals surface area contributed by atoms with Crippen molar-refractivity contribution in [2.75, 3.05) is 5.32 Å². The molecule has 0 radical (unpaired) electrons. The summed E-state index contributed by atoms with van der Waals surface area (Å²) in [4.78, 5) is 11.8. The largest absolute Gasteiger partial charge is 0.354 e. The summed E-state index contributed by atoms with van der Waals surface area (Å²) in [7, 11) is 0. The average Bonchev–Trinajstić information content (AvgIpc) is 2.47. The van der Waals surface area contributed by atoms with Crippen molar-refractivity contribution in [2.24, 2.45) is 10.2 Å². The second-order valence-electron chi connectivity index (χ2n) is 4.64. The van der Waals surface area contributed by atoms with Gasteiger partial charge in [-0.05, 0) is 37.7 Å². The van der Waals surface area contributed by atoms with E-state index in [1.54, 1.807) is 0 Å². The highest BCUT2D eigenvalue weighted by Crippen LogP contribution is 2.16. The van der Waals surface area contributed by atoms with Gasteiger partial charge < -0.3 is 10.6 Å². The number of azo groups is 1. The van der Waals surface area contributed by atoms with Gasteiger partial charge in [0.1, 0.15) is 5.70 Å². The molecule has 1 amide bonds. The standard InChI is InChI=1S/C14H15N5O2S/c1-9-3-4-11(10(2)7-9)16-14(22)18-17-13(20)12-8-19(21)6-5-15-12/h3-8,15,21H,1-2H3,(H,16,22). The Morgan fingerprint density at radius 2 is 2.14 bits per heavy atom. The van der Waals surface area contributed by atoms with Crippen LogP contribution in [-0.4, -0.2) is 21.3 Å². The first kappa shape index (κ1) is 15.8. The first-order valence-electron chi connectivity index (χ1n) is 6.42. The molecule has 0 aromatic heterocycles. The Labute approximate surface area is 133 Å². The molecule has 0 atom stereocenters. The van der Waals surface area contributed by atoms with Gasteiger partial charge in [-0.2, -0.15) is 0 Å². The molecule has 3 N–H and O–H groups in total. The van der Waals surface area contributed by atoms with Crippen LogP contribution in [0.25, 0.3) is 0 Å². The summed E-state index contributed by atoms with van der Waals surface area (Å²) in [5.74, 6) is -0.645. The molecule has 1 aromatic rings. The normalized spacial score (nSPS) is 13.8. The second-order valence-corrected chi connectivity index (χ2v) is 5.02. The van der Waals surface area contributed by atoms with Crippen LogP contribution in [0.2, 0.25) is 0 Å². The highest BCUT2D eigenvalue weighted by molar-refractivity contribution is 7.80. The molecule has 1 aliphatic heterocycles. The minimum atomic E-state index is -0.645. The lowest BCUT2D eigenvalue weighted by molar-refractivity contribution is -0.115. The number of hydroxylamine groups is 2. The van der Waals surface area contributed by atoms with Crippen molar-refractivity contribution in [1.82, 2.24) is 10.4 Å². The van der Waals surface area contributed by atoms with E-state index in [0.717, 1.165) is 21.9 Å². The first-order chi connectivity index (χ1) is 10.5. The SMILES string of the molecule is Cc1ccc(NC(=S)N=NC(=O)C2=CN(O)C=CN2)c(C)c1. The fourth-order valence-corrected chi connectivity index (χ4v) is 1.92. The van der Waals surface area contributed by atoms with Crippen molar-refractivity contribution in [3.05, 3.63) is 53.6 Å². The molecule has 0 saturated carbocycles. The van der Waals surface area contributed by atoms with Crippen LogP contribution in [0.5, 0.6) is 0 Å². The monoisotopic (exact) mass is 317 g/mol. The predicted molar refractivity (Wildman–Crippen MR) is 86.0 cm³/mol. The molecule has 0 fully saturated rings. The maximum absolute atomic E-state index is 11.8. The molecule has 0 saturated heterocycles. The third-order valence-corrected chi connectivity index (χ3v) is 3.00. The van der Waals surface area contributed by atoms with Crippen LogP contribution in [-0.2, 0) is 4.79 Å². The van der Waals surface area contributed by atoms with Crippen LogP contribution < -0.4 is 10.6 Å². The molecule has 0 bridgehead atoms. The molecule has 114 valence electrons. The lowest BCUT2D eigenvalue weighted by Crippen LogP contribution is -2.22. The van der Waals surface area contributed by atoms with E-state index in [2.05, 4.69) is 20.9 Å². The van der Waals surface area contributed by atoms with Crippen LogP contribution in [0, 0.1) is 13.8 Å². The summed E-state index contributed by atoms with van der Waals surface area (Å²) in [5.41, 5.74) is 3.05. The van der Waals surface area contributed by atoms with Crippen molar-refractivity contribution in [1.29, 1.82) is 0 Å². The van der Waals surface area contributed by atoms with Crippen LogP contribution in [0.4, 0.5) is 5.69 Å². The highest BCUT2D eigenvalue weighted by Gasteiger charge is 2.11. The van der Waals surface area contributed by atoms with Gasteiger partial charge in [-0.1, -0.05) is 17.7 Å². The molecular formula is C14H15N5O2S. The number of nitrogens with one attached hydrogen (secondary N) is 2. The number of carbonyl (C=O) groups is 1. The third kappa shape index (κ3) is 4.21. The van der Waals surface area contributed by atoms with Gasteiger partial charge in [0.05, 0.1) is 6.20 Å². The zero-order valence-corrected chi connectivity index (χ0v) is 12.9. The van der Waals surface area contributed by atoms with E-state index in [9.17, 15) is 10.0 Å². The number of amides is 1. The van der Waals surface area contributed by atoms with E-state index in [0.29, 0.717) is 0 Å². The molecule has 7 nitrogen and oxygen atoms in total. The van der Waals surface area contributed by atoms with E-state index in [-0.39, 0.29) is 10.8 Å². The average molecular weight is 317 g/mol. The molecule has 22 heavy (non-hydrogen) atoms. The zero-order chi connectivity index (χ0) is 16.1. The van der Waals surface area contributed by atoms with Crippen molar-refractivity contribution in [2.45, 2.75) is 13.8 Å². The van der Waals surface area contributed by atoms with E-state index in [1.165, 1.54) is 18.6 Å². The molecule has 0 aliphatic carbocycles. The maximum atomic E-state index is 11.8. The number of thiocarbonyl (C=S) groups is 1. The number of anilines is 1. The van der Waals surface area contributed by atoms with E-state index in [1.807, 2.05) is 32.0 Å². The fourth-order valence-electron chi connectivity index (χ4n) is 1.77. The summed E-state index contributed by atoms with van der Waals surface area (Å²) in [6.45, 7) is 3.94. The minimum absolute atomic E-state index is 0.0770. The van der Waals surface area contributed by atoms with Crippen molar-refractivity contribution >= 4 is 28.9 Å². The summed E-state index contributed by atoms with van der Waals surface area (Å²) in [5, 5.41) is 22.8. The number of aryl methyl sites for hydroxylation is 2. The molecule has 1 aliphatic rings. The number of rotatable bonds is 2. The van der Waals surface area contributed by atoms with Crippen LogP contribution >= 0.6 is 12.2 Å². The van der Waals surface area contributed by atoms with Crippen LogP contribution in [0.3, 0.4) is 0 Å². The Morgan fingerprint density at radius 1 is 1.36 bits per heavy atom. The van der Waals surface area contributed by atoms with Gasteiger partial charge in [0.15, 0.2) is 0 Å². The Hall–Kier alpha value is -2.58. The maximum Gasteiger partial charge on any atom is 0.313 e. The van der Waals surface area contributed by atoms with Gasteiger partial charge in [-0.3, -0.25) is 10.0 Å². The third-order valence-electron chi connectivity index (χ3n) is 2.81. The fraction of sp³-hybridized carbons (Fsp3) is 0.143. The molecule has 0 unspecified atom stereocenters. The van der Waals surface area contributed by atoms with Gasteiger partial charge in [0.2, 0.25) is 5.11 Å². The predicted octanol–water partition coefficient (Wildman–Crippen LogP) is 2.59. The highest BCUT2D eigenvalue weighted by atomic mass is 32.1. The Balaban J connectivity index is 1.98. The Bertz CT molecular complexity index is 696. The van der Waals surface area contributed by atoms with Crippen molar-refractivity contribution in [3.8, 4) is 0 Å². The van der Waals surface area contributed by atoms with Crippen LogP contribution in [0.15, 0.2) is 52.7 Å². The summed E-state index contributed by atoms with van der Waals surface area (Å²) in [6, 6.07) is 5.83. The molecule has 1 heterocycles. The van der Waals surface area contributed by atoms with Gasteiger partial charge >= 0.3 is 5.91 Å². The number of hydrogen-bond acceptors (Lipinski definition) is 5. The Kier molecular flexibility index (Phi) is 4.97. The number of nitrogens with zero attached hydrogens (tertiary/aromatic N) is 3. The van der Waals surface area contributed by atoms with E-state index >= 15 is 0 Å². The molecule has 1 aromatic carbocycles. The number of carbonyl (C=O) groups excluding carboxylic acids is 1. The van der Waals surface area contributed by atoms with Gasteiger partial charge in [-0.15, -0.1) is 10.2 Å². The molecular weight excluding hydrogens is 302 g/mol. The number of benzene rings is 1. The lowest BCUT2D eigenvalue weighted by Gasteiger charge is -2.13. The summed E-state index contributed by atoms with van der Waals surface area (Å²) in [6.07, 6.45) is 3.91. The van der Waals surface area contributed by atoms with E-state index < -0.39 is 5.91 Å². The first-order valence-corrected chi connectivity index (χ1v) is 6.83. The van der Waals surface area contributed by atoms with Crippen molar-refractivity contribution < 1.29 is 10.0 Å². The van der Waals surface area contributed by atoms with Crippen LogP contribution in [0.1, 0.15) is 11.1 Å². The van der Waals surface area contributed by atoms with E-state index in [4.69, 9.17) is 12.2 Å². The summed E-state index contributed by atoms with van der Waals surface area (Å²) >= 11 is 5.03. The lowest BCUT2D eigenvalue weighted by atomic mass is 10.1. The minimum Gasteiger partial charge on any atom is -0.354 e. The topological polar surface area (TPSA) is 89.3 Å². The quantitative estimate of drug-likeness (QED) is 0.574.